The second-order valence-electron chi connectivity index (χ2n) is 8.13. The molecule has 0 saturated carbocycles. The lowest BCUT2D eigenvalue weighted by Crippen LogP contribution is -2.02. The average molecular weight is 479 g/mol. The van der Waals surface area contributed by atoms with E-state index < -0.39 is 12.4 Å². The van der Waals surface area contributed by atoms with Crippen molar-refractivity contribution in [2.45, 2.75) is 39.2 Å². The van der Waals surface area contributed by atoms with Crippen LogP contribution >= 0.6 is 11.3 Å². The Morgan fingerprint density at radius 3 is 2.56 bits per heavy atom. The van der Waals surface area contributed by atoms with Crippen molar-refractivity contribution < 1.29 is 18.3 Å². The van der Waals surface area contributed by atoms with E-state index in [9.17, 15) is 18.8 Å². The number of aromatic nitrogens is 1. The van der Waals surface area contributed by atoms with Gasteiger partial charge in [-0.15, -0.1) is 11.3 Å². The number of hydrogen-bond donors (Lipinski definition) is 0. The molecule has 0 saturated heterocycles. The molecule has 4 aromatic rings. The van der Waals surface area contributed by atoms with Gasteiger partial charge in [0, 0.05) is 28.4 Å². The fourth-order valence-corrected chi connectivity index (χ4v) is 5.00. The Balaban J connectivity index is 1.91. The monoisotopic (exact) mass is 478 g/mol. The molecule has 0 amide bonds. The molecular weight excluding hydrogens is 454 g/mol. The summed E-state index contributed by atoms with van der Waals surface area (Å²) in [4.78, 5) is 12.2. The number of fused-ring (bicyclic) bond motifs is 1. The van der Waals surface area contributed by atoms with Gasteiger partial charge in [0.05, 0.1) is 35.7 Å². The molecule has 0 fully saturated rings. The van der Waals surface area contributed by atoms with Gasteiger partial charge in [-0.3, -0.25) is 0 Å². The van der Waals surface area contributed by atoms with E-state index in [0.29, 0.717) is 24.1 Å². The van der Waals surface area contributed by atoms with Crippen LogP contribution in [0.2, 0.25) is 0 Å². The Labute approximate surface area is 201 Å². The number of nitriles is 1. The quantitative estimate of drug-likeness (QED) is 0.254. The van der Waals surface area contributed by atoms with Crippen molar-refractivity contribution in [3.63, 3.8) is 0 Å². The van der Waals surface area contributed by atoms with Crippen molar-refractivity contribution in [1.29, 1.82) is 5.26 Å². The minimum Gasteiger partial charge on any atom is -0.465 e. The first-order chi connectivity index (χ1) is 16.4. The lowest BCUT2D eigenvalue weighted by molar-refractivity contribution is 0.0601. The lowest BCUT2D eigenvalue weighted by atomic mass is 9.98. The second kappa shape index (κ2) is 10.2. The zero-order chi connectivity index (χ0) is 24.2. The minimum atomic E-state index is -2.54. The Hall–Kier alpha value is -3.50. The molecule has 0 unspecified atom stereocenters. The number of esters is 1. The number of methoxy groups -OCH3 is 1. The smallest absolute Gasteiger partial charge is 0.337 e. The predicted octanol–water partition coefficient (Wildman–Crippen LogP) is 7.10. The van der Waals surface area contributed by atoms with Gasteiger partial charge in [0.15, 0.2) is 0 Å². The van der Waals surface area contributed by atoms with Crippen LogP contribution in [0.1, 0.15) is 44.8 Å². The summed E-state index contributed by atoms with van der Waals surface area (Å²) in [5.41, 5.74) is 6.12. The Morgan fingerprint density at radius 1 is 1.15 bits per heavy atom. The molecular formula is C27H24F2N2O2S. The van der Waals surface area contributed by atoms with Crippen LogP contribution in [0, 0.1) is 18.3 Å². The van der Waals surface area contributed by atoms with Crippen LogP contribution in [-0.4, -0.2) is 17.6 Å². The summed E-state index contributed by atoms with van der Waals surface area (Å²) < 4.78 is 33.7. The molecule has 0 atom stereocenters. The molecule has 0 N–H and O–H groups in total. The van der Waals surface area contributed by atoms with E-state index in [0.717, 1.165) is 45.5 Å². The van der Waals surface area contributed by atoms with Crippen LogP contribution < -0.4 is 0 Å². The highest BCUT2D eigenvalue weighted by atomic mass is 32.1. The number of hydrogen-bond acceptors (Lipinski definition) is 4. The van der Waals surface area contributed by atoms with Gasteiger partial charge in [0.2, 0.25) is 0 Å². The molecule has 174 valence electrons. The second-order valence-corrected chi connectivity index (χ2v) is 9.08. The number of benzene rings is 2. The first kappa shape index (κ1) is 23.7. The number of ether oxygens (including phenoxy) is 1. The van der Waals surface area contributed by atoms with E-state index in [1.165, 1.54) is 18.7 Å². The van der Waals surface area contributed by atoms with Gasteiger partial charge in [-0.05, 0) is 55.2 Å². The van der Waals surface area contributed by atoms with Crippen molar-refractivity contribution in [2.75, 3.05) is 7.11 Å². The predicted molar refractivity (Wildman–Crippen MR) is 130 cm³/mol. The Kier molecular flexibility index (Phi) is 7.09. The molecule has 0 radical (unpaired) electrons. The topological polar surface area (TPSA) is 55.0 Å². The molecule has 0 aliphatic heterocycles. The van der Waals surface area contributed by atoms with Crippen LogP contribution in [-0.2, 0) is 24.1 Å². The molecule has 34 heavy (non-hydrogen) atoms. The van der Waals surface area contributed by atoms with Crippen molar-refractivity contribution in [1.82, 2.24) is 4.57 Å². The number of halogens is 2. The van der Waals surface area contributed by atoms with Crippen LogP contribution in [0.3, 0.4) is 0 Å². The van der Waals surface area contributed by atoms with Gasteiger partial charge in [-0.25, -0.2) is 13.6 Å². The molecule has 0 aliphatic carbocycles. The van der Waals surface area contributed by atoms with Gasteiger partial charge >= 0.3 is 5.97 Å². The highest BCUT2D eigenvalue weighted by molar-refractivity contribution is 7.10. The number of thiophene rings is 1. The number of nitrogens with zero attached hydrogens (tertiary/aromatic N) is 2. The average Bonchev–Trinajstić information content (AvgIpc) is 3.44. The zero-order valence-corrected chi connectivity index (χ0v) is 19.8. The molecule has 2 aromatic carbocycles. The van der Waals surface area contributed by atoms with Crippen LogP contribution in [0.4, 0.5) is 8.78 Å². The summed E-state index contributed by atoms with van der Waals surface area (Å²) in [6.45, 7) is 2.46. The Bertz CT molecular complexity index is 1360. The molecule has 2 heterocycles. The highest BCUT2D eigenvalue weighted by Gasteiger charge is 2.22. The van der Waals surface area contributed by atoms with E-state index in [2.05, 4.69) is 30.3 Å². The van der Waals surface area contributed by atoms with Crippen molar-refractivity contribution in [2.24, 2.45) is 0 Å². The number of rotatable bonds is 8. The maximum absolute atomic E-state index is 13.4. The largest absolute Gasteiger partial charge is 0.465 e. The minimum absolute atomic E-state index is 0.00632. The van der Waals surface area contributed by atoms with E-state index in [-0.39, 0.29) is 11.3 Å². The molecule has 0 bridgehead atoms. The fraction of sp³-hybridized carbons (Fsp3) is 0.259. The van der Waals surface area contributed by atoms with Gasteiger partial charge in [-0.1, -0.05) is 29.8 Å². The first-order valence-electron chi connectivity index (χ1n) is 11.0. The molecule has 0 spiro atoms. The first-order valence-corrected chi connectivity index (χ1v) is 11.8. The van der Waals surface area contributed by atoms with Gasteiger partial charge in [-0.2, -0.15) is 5.26 Å². The van der Waals surface area contributed by atoms with E-state index >= 15 is 0 Å². The van der Waals surface area contributed by atoms with Gasteiger partial charge in [0.1, 0.15) is 0 Å². The molecule has 4 nitrogen and oxygen atoms in total. The summed E-state index contributed by atoms with van der Waals surface area (Å²) in [5, 5.41) is 11.9. The summed E-state index contributed by atoms with van der Waals surface area (Å²) in [7, 11) is 1.34. The normalized spacial score (nSPS) is 11.2. The van der Waals surface area contributed by atoms with Crippen molar-refractivity contribution >= 4 is 28.2 Å². The van der Waals surface area contributed by atoms with Crippen LogP contribution in [0.5, 0.6) is 0 Å². The molecule has 2 aromatic heterocycles. The summed E-state index contributed by atoms with van der Waals surface area (Å²) >= 11 is 1.03. The van der Waals surface area contributed by atoms with Gasteiger partial charge in [0.25, 0.3) is 6.43 Å². The van der Waals surface area contributed by atoms with Crippen LogP contribution in [0.25, 0.3) is 22.2 Å². The van der Waals surface area contributed by atoms with Crippen molar-refractivity contribution in [3.05, 3.63) is 81.0 Å². The van der Waals surface area contributed by atoms with E-state index in [1.807, 2.05) is 17.6 Å². The standard InChI is InChI=1S/C27H24F2N2O2S/c1-17-4-6-18(7-5-17)8-10-21-22-14-19(27(32)33-2)9-11-23(22)31(13-3-12-30)25(21)20-15-24(26(28)29)34-16-20/h4-7,9,11,14-16,26H,3,8,10,13H2,1-2H3. The summed E-state index contributed by atoms with van der Waals surface area (Å²) in [5.74, 6) is -0.437. The maximum atomic E-state index is 13.4. The summed E-state index contributed by atoms with van der Waals surface area (Å²) in [6.07, 6.45) is -0.867. The highest BCUT2D eigenvalue weighted by Crippen LogP contribution is 2.39. The molecule has 7 heteroatoms. The number of aryl methyl sites for hydroxylation is 4. The SMILES string of the molecule is COC(=O)c1ccc2c(c1)c(CCc1ccc(C)cc1)c(-c1csc(C(F)F)c1)n2CCC#N. The third kappa shape index (κ3) is 4.73. The van der Waals surface area contributed by atoms with Gasteiger partial charge < -0.3 is 9.30 Å². The van der Waals surface area contributed by atoms with Crippen LogP contribution in [0.15, 0.2) is 53.9 Å². The van der Waals surface area contributed by atoms with Crippen molar-refractivity contribution in [3.8, 4) is 17.3 Å². The molecule has 0 aliphatic rings. The van der Waals surface area contributed by atoms with E-state index in [4.69, 9.17) is 4.74 Å². The third-order valence-electron chi connectivity index (χ3n) is 5.93. The lowest BCUT2D eigenvalue weighted by Gasteiger charge is -2.10. The third-order valence-corrected chi connectivity index (χ3v) is 6.87. The fourth-order valence-electron chi connectivity index (χ4n) is 4.26. The number of carbonyl (C=O) groups is 1. The molecule has 4 rings (SSSR count). The zero-order valence-electron chi connectivity index (χ0n) is 19.0. The Morgan fingerprint density at radius 2 is 1.91 bits per heavy atom. The van der Waals surface area contributed by atoms with E-state index in [1.54, 1.807) is 17.5 Å². The maximum Gasteiger partial charge on any atom is 0.337 e. The number of carbonyl (C=O) groups excluding carboxylic acids is 1. The number of alkyl halides is 2. The summed E-state index contributed by atoms with van der Waals surface area (Å²) in [6, 6.07) is 17.4.